The summed E-state index contributed by atoms with van der Waals surface area (Å²) in [6.07, 6.45) is -2.68. The van der Waals surface area contributed by atoms with Crippen LogP contribution in [0.25, 0.3) is 0 Å². The van der Waals surface area contributed by atoms with E-state index in [1.807, 2.05) is 0 Å². The maximum atomic E-state index is 12.4. The van der Waals surface area contributed by atoms with E-state index < -0.39 is 12.4 Å². The van der Waals surface area contributed by atoms with Gasteiger partial charge in [-0.2, -0.15) is 0 Å². The molecule has 0 aromatic heterocycles. The molecule has 0 aliphatic heterocycles. The zero-order chi connectivity index (χ0) is 10.7. The Bertz CT molecular complexity index is 353. The number of alkyl halides is 3. The topological polar surface area (TPSA) is 40.1 Å². The minimum absolute atomic E-state index is 0.231. The zero-order valence-electron chi connectivity index (χ0n) is 6.97. The van der Waals surface area contributed by atoms with Crippen molar-refractivity contribution in [3.8, 4) is 0 Å². The van der Waals surface area contributed by atoms with E-state index in [1.165, 1.54) is 12.1 Å². The molecule has 14 heavy (non-hydrogen) atoms. The number of carboxylic acids is 1. The fourth-order valence-corrected chi connectivity index (χ4v) is 1.56. The van der Waals surface area contributed by atoms with Gasteiger partial charge in [0.1, 0.15) is 0 Å². The first-order valence-electron chi connectivity index (χ1n) is 3.74. The molecular formula is C9H6BrF2O2-. The largest absolute Gasteiger partial charge is 0.545 e. The summed E-state index contributed by atoms with van der Waals surface area (Å²) in [4.78, 5) is 10.4. The quantitative estimate of drug-likeness (QED) is 0.782. The minimum Gasteiger partial charge on any atom is -0.545 e. The van der Waals surface area contributed by atoms with Crippen molar-refractivity contribution in [3.05, 3.63) is 34.9 Å². The lowest BCUT2D eigenvalue weighted by molar-refractivity contribution is -0.255. The Balaban J connectivity index is 3.20. The second kappa shape index (κ2) is 4.50. The van der Waals surface area contributed by atoms with Crippen molar-refractivity contribution in [2.75, 3.05) is 0 Å². The summed E-state index contributed by atoms with van der Waals surface area (Å²) < 4.78 is 24.8. The van der Waals surface area contributed by atoms with Crippen LogP contribution in [0.3, 0.4) is 0 Å². The van der Waals surface area contributed by atoms with Crippen LogP contribution in [0.15, 0.2) is 18.2 Å². The molecule has 0 unspecified atom stereocenters. The van der Waals surface area contributed by atoms with Gasteiger partial charge in [0.15, 0.2) is 0 Å². The molecule has 0 amide bonds. The van der Waals surface area contributed by atoms with Gasteiger partial charge in [-0.05, 0) is 17.2 Å². The predicted molar refractivity (Wildman–Crippen MR) is 48.4 cm³/mol. The van der Waals surface area contributed by atoms with Crippen LogP contribution in [-0.4, -0.2) is 5.97 Å². The first-order chi connectivity index (χ1) is 6.56. The maximum Gasteiger partial charge on any atom is 0.264 e. The first-order valence-corrected chi connectivity index (χ1v) is 4.86. The second-order valence-electron chi connectivity index (χ2n) is 2.64. The van der Waals surface area contributed by atoms with E-state index in [1.54, 1.807) is 0 Å². The SMILES string of the molecule is O=C([O-])c1ccc(CBr)c(C(F)F)c1. The monoisotopic (exact) mass is 263 g/mol. The Morgan fingerprint density at radius 1 is 1.50 bits per heavy atom. The van der Waals surface area contributed by atoms with E-state index in [0.29, 0.717) is 5.56 Å². The summed E-state index contributed by atoms with van der Waals surface area (Å²) in [7, 11) is 0. The Morgan fingerprint density at radius 2 is 2.14 bits per heavy atom. The molecule has 0 atom stereocenters. The fourth-order valence-electron chi connectivity index (χ4n) is 1.05. The lowest BCUT2D eigenvalue weighted by atomic mass is 10.1. The number of hydrogen-bond acceptors (Lipinski definition) is 2. The van der Waals surface area contributed by atoms with Gasteiger partial charge >= 0.3 is 0 Å². The van der Waals surface area contributed by atoms with Crippen LogP contribution in [0.5, 0.6) is 0 Å². The number of halogens is 3. The van der Waals surface area contributed by atoms with Gasteiger partial charge in [0.05, 0.1) is 5.97 Å². The first kappa shape index (κ1) is 11.1. The molecule has 76 valence electrons. The molecule has 0 bridgehead atoms. The highest BCUT2D eigenvalue weighted by Gasteiger charge is 2.12. The third-order valence-electron chi connectivity index (χ3n) is 1.76. The lowest BCUT2D eigenvalue weighted by Gasteiger charge is -2.09. The average Bonchev–Trinajstić information content (AvgIpc) is 2.16. The number of aromatic carboxylic acids is 1. The third-order valence-corrected chi connectivity index (χ3v) is 2.36. The van der Waals surface area contributed by atoms with Crippen molar-refractivity contribution in [2.45, 2.75) is 11.8 Å². The molecule has 1 aromatic rings. The Kier molecular flexibility index (Phi) is 3.57. The van der Waals surface area contributed by atoms with Crippen LogP contribution in [0.4, 0.5) is 8.78 Å². The summed E-state index contributed by atoms with van der Waals surface area (Å²) in [5, 5.41) is 10.7. The normalized spacial score (nSPS) is 10.6. The van der Waals surface area contributed by atoms with E-state index >= 15 is 0 Å². The number of benzene rings is 1. The van der Waals surface area contributed by atoms with Crippen LogP contribution in [0, 0.1) is 0 Å². The van der Waals surface area contributed by atoms with E-state index in [4.69, 9.17) is 0 Å². The summed E-state index contributed by atoms with van der Waals surface area (Å²) in [5.41, 5.74) is -0.126. The average molecular weight is 264 g/mol. The summed E-state index contributed by atoms with van der Waals surface area (Å²) >= 11 is 3.04. The van der Waals surface area contributed by atoms with Gasteiger partial charge in [0.25, 0.3) is 6.43 Å². The predicted octanol–water partition coefficient (Wildman–Crippen LogP) is 1.88. The molecule has 0 N–H and O–H groups in total. The lowest BCUT2D eigenvalue weighted by Crippen LogP contribution is -2.22. The Hall–Kier alpha value is -0.970. The standard InChI is InChI=1S/C9H7BrF2O2/c10-4-6-2-1-5(9(13)14)3-7(6)8(11)12/h1-3,8H,4H2,(H,13,14)/p-1. The van der Waals surface area contributed by atoms with Crippen LogP contribution in [0.2, 0.25) is 0 Å². The Morgan fingerprint density at radius 3 is 2.57 bits per heavy atom. The van der Waals surface area contributed by atoms with Crippen LogP contribution >= 0.6 is 15.9 Å². The van der Waals surface area contributed by atoms with Crippen LogP contribution < -0.4 is 5.11 Å². The van der Waals surface area contributed by atoms with Gasteiger partial charge in [-0.1, -0.05) is 28.1 Å². The highest BCUT2D eigenvalue weighted by atomic mass is 79.9. The van der Waals surface area contributed by atoms with Gasteiger partial charge in [-0.15, -0.1) is 0 Å². The highest BCUT2D eigenvalue weighted by molar-refractivity contribution is 9.08. The number of carbonyl (C=O) groups is 1. The van der Waals surface area contributed by atoms with Gasteiger partial charge < -0.3 is 9.90 Å². The summed E-state index contributed by atoms with van der Waals surface area (Å²) in [5.74, 6) is -1.45. The highest BCUT2D eigenvalue weighted by Crippen LogP contribution is 2.25. The smallest absolute Gasteiger partial charge is 0.264 e. The Labute approximate surface area is 87.7 Å². The summed E-state index contributed by atoms with van der Waals surface area (Å²) in [6, 6.07) is 3.54. The molecule has 0 heterocycles. The van der Waals surface area contributed by atoms with E-state index in [-0.39, 0.29) is 16.5 Å². The zero-order valence-corrected chi connectivity index (χ0v) is 8.55. The van der Waals surface area contributed by atoms with Crippen LogP contribution in [0.1, 0.15) is 27.9 Å². The van der Waals surface area contributed by atoms with Crippen molar-refractivity contribution in [1.82, 2.24) is 0 Å². The van der Waals surface area contributed by atoms with Gasteiger partial charge in [0, 0.05) is 10.9 Å². The summed E-state index contributed by atoms with van der Waals surface area (Å²) in [6.45, 7) is 0. The molecule has 0 aliphatic carbocycles. The molecule has 0 saturated heterocycles. The van der Waals surface area contributed by atoms with E-state index in [0.717, 1.165) is 6.07 Å². The molecule has 0 saturated carbocycles. The number of carboxylic acid groups (broad SMARTS) is 1. The molecule has 2 nitrogen and oxygen atoms in total. The van der Waals surface area contributed by atoms with E-state index in [9.17, 15) is 18.7 Å². The van der Waals surface area contributed by atoms with Crippen molar-refractivity contribution >= 4 is 21.9 Å². The minimum atomic E-state index is -2.68. The van der Waals surface area contributed by atoms with Gasteiger partial charge in [0.2, 0.25) is 0 Å². The van der Waals surface area contributed by atoms with Gasteiger partial charge in [-0.25, -0.2) is 8.78 Å². The van der Waals surface area contributed by atoms with Crippen molar-refractivity contribution in [3.63, 3.8) is 0 Å². The second-order valence-corrected chi connectivity index (χ2v) is 3.20. The molecule has 0 aliphatic rings. The molecule has 0 radical (unpaired) electrons. The van der Waals surface area contributed by atoms with Crippen LogP contribution in [-0.2, 0) is 5.33 Å². The fraction of sp³-hybridized carbons (Fsp3) is 0.222. The molecule has 1 rings (SSSR count). The molecule has 0 spiro atoms. The van der Waals surface area contributed by atoms with Gasteiger partial charge in [-0.3, -0.25) is 0 Å². The maximum absolute atomic E-state index is 12.4. The molecular weight excluding hydrogens is 258 g/mol. The molecule has 1 aromatic carbocycles. The van der Waals surface area contributed by atoms with Crippen molar-refractivity contribution in [2.24, 2.45) is 0 Å². The number of carbonyl (C=O) groups excluding carboxylic acids is 1. The van der Waals surface area contributed by atoms with Crippen molar-refractivity contribution < 1.29 is 18.7 Å². The van der Waals surface area contributed by atoms with E-state index in [2.05, 4.69) is 15.9 Å². The van der Waals surface area contributed by atoms with Crippen molar-refractivity contribution in [1.29, 1.82) is 0 Å². The number of hydrogen-bond donors (Lipinski definition) is 0. The third kappa shape index (κ3) is 2.29. The molecule has 0 fully saturated rings. The number of rotatable bonds is 3. The molecule has 5 heteroatoms.